The Labute approximate surface area is 73.6 Å². The summed E-state index contributed by atoms with van der Waals surface area (Å²) in [6.07, 6.45) is 3.36. The van der Waals surface area contributed by atoms with Crippen molar-refractivity contribution in [1.82, 2.24) is 4.98 Å². The van der Waals surface area contributed by atoms with E-state index in [1.165, 1.54) is 0 Å². The molecule has 2 rings (SSSR count). The molecule has 12 heavy (non-hydrogen) atoms. The highest BCUT2D eigenvalue weighted by atomic mass is 31.2. The summed E-state index contributed by atoms with van der Waals surface area (Å²) in [7, 11) is -0.732. The van der Waals surface area contributed by atoms with Crippen molar-refractivity contribution in [3.63, 3.8) is 0 Å². The zero-order valence-corrected chi connectivity index (χ0v) is 8.34. The lowest BCUT2D eigenvalue weighted by molar-refractivity contribution is 0.581. The van der Waals surface area contributed by atoms with Gasteiger partial charge in [0.25, 0.3) is 8.38 Å². The van der Waals surface area contributed by atoms with Gasteiger partial charge in [0.1, 0.15) is 0 Å². The Balaban J connectivity index is 0.000000336. The van der Waals surface area contributed by atoms with Crippen LogP contribution in [0, 0.1) is 0 Å². The molecule has 0 bridgehead atoms. The third-order valence-electron chi connectivity index (χ3n) is 1.20. The van der Waals surface area contributed by atoms with Crippen molar-refractivity contribution in [2.24, 2.45) is 0 Å². The first-order valence-corrected chi connectivity index (χ1v) is 5.52. The maximum Gasteiger partial charge on any atom is 0.287 e. The van der Waals surface area contributed by atoms with Crippen molar-refractivity contribution in [2.75, 3.05) is 6.66 Å². The molecular formula is C8H12NO2P. The van der Waals surface area contributed by atoms with Gasteiger partial charge in [-0.2, -0.15) is 0 Å². The highest BCUT2D eigenvalue weighted by molar-refractivity contribution is 7.47. The van der Waals surface area contributed by atoms with E-state index >= 15 is 0 Å². The normalized spacial score (nSPS) is 18.1. The number of aromatic nitrogens is 1. The first kappa shape index (κ1) is 9.27. The SMILES string of the molecule is CC.CP1Oc2ccncc2O1. The molecule has 0 radical (unpaired) electrons. The molecule has 0 fully saturated rings. The van der Waals surface area contributed by atoms with Gasteiger partial charge < -0.3 is 9.05 Å². The summed E-state index contributed by atoms with van der Waals surface area (Å²) in [6, 6.07) is 1.81. The first-order chi connectivity index (χ1) is 5.86. The first-order valence-electron chi connectivity index (χ1n) is 3.90. The molecule has 0 saturated carbocycles. The Kier molecular flexibility index (Phi) is 3.30. The quantitative estimate of drug-likeness (QED) is 0.582. The van der Waals surface area contributed by atoms with Crippen LogP contribution < -0.4 is 9.05 Å². The summed E-state index contributed by atoms with van der Waals surface area (Å²) in [5.74, 6) is 1.57. The van der Waals surface area contributed by atoms with Gasteiger partial charge in [0.05, 0.1) is 6.20 Å². The highest BCUT2D eigenvalue weighted by Crippen LogP contribution is 2.48. The number of fused-ring (bicyclic) bond motifs is 1. The molecule has 1 aliphatic rings. The second-order valence-corrected chi connectivity index (χ2v) is 3.19. The molecule has 0 aromatic carbocycles. The summed E-state index contributed by atoms with van der Waals surface area (Å²) < 4.78 is 10.6. The molecule has 1 aromatic rings. The molecule has 1 aliphatic heterocycles. The second-order valence-electron chi connectivity index (χ2n) is 1.94. The molecule has 0 spiro atoms. The maximum atomic E-state index is 5.31. The number of hydrogen-bond acceptors (Lipinski definition) is 3. The highest BCUT2D eigenvalue weighted by Gasteiger charge is 2.20. The predicted octanol–water partition coefficient (Wildman–Crippen LogP) is 2.82. The summed E-state index contributed by atoms with van der Waals surface area (Å²) in [6.45, 7) is 5.91. The topological polar surface area (TPSA) is 31.4 Å². The fourth-order valence-corrected chi connectivity index (χ4v) is 1.69. The van der Waals surface area contributed by atoms with Gasteiger partial charge in [-0.05, 0) is 0 Å². The van der Waals surface area contributed by atoms with E-state index in [4.69, 9.17) is 9.05 Å². The van der Waals surface area contributed by atoms with E-state index < -0.39 is 8.38 Å². The summed E-state index contributed by atoms with van der Waals surface area (Å²) >= 11 is 0. The Hall–Kier alpha value is -0.820. The van der Waals surface area contributed by atoms with E-state index in [2.05, 4.69) is 4.98 Å². The van der Waals surface area contributed by atoms with Crippen molar-refractivity contribution in [3.8, 4) is 11.5 Å². The minimum Gasteiger partial charge on any atom is -0.435 e. The van der Waals surface area contributed by atoms with Crippen LogP contribution >= 0.6 is 8.38 Å². The summed E-state index contributed by atoms with van der Waals surface area (Å²) in [5, 5.41) is 0. The van der Waals surface area contributed by atoms with Gasteiger partial charge in [0.2, 0.25) is 0 Å². The second kappa shape index (κ2) is 4.27. The van der Waals surface area contributed by atoms with E-state index in [-0.39, 0.29) is 0 Å². The summed E-state index contributed by atoms with van der Waals surface area (Å²) in [4.78, 5) is 3.90. The van der Waals surface area contributed by atoms with Crippen LogP contribution in [0.1, 0.15) is 13.8 Å². The van der Waals surface area contributed by atoms with Gasteiger partial charge in [-0.3, -0.25) is 4.98 Å². The van der Waals surface area contributed by atoms with Gasteiger partial charge in [-0.25, -0.2) is 0 Å². The molecule has 0 saturated heterocycles. The minimum absolute atomic E-state index is 0.732. The number of pyridine rings is 1. The molecule has 2 heterocycles. The van der Waals surface area contributed by atoms with Gasteiger partial charge in [0.15, 0.2) is 11.5 Å². The third-order valence-corrected chi connectivity index (χ3v) is 2.11. The maximum absolute atomic E-state index is 5.31. The smallest absolute Gasteiger partial charge is 0.287 e. The zero-order valence-electron chi connectivity index (χ0n) is 7.44. The van der Waals surface area contributed by atoms with Crippen LogP contribution in [0.3, 0.4) is 0 Å². The molecule has 0 aliphatic carbocycles. The lowest BCUT2D eigenvalue weighted by Gasteiger charge is -1.96. The van der Waals surface area contributed by atoms with Crippen molar-refractivity contribution in [2.45, 2.75) is 13.8 Å². The van der Waals surface area contributed by atoms with Crippen LogP contribution in [0.5, 0.6) is 11.5 Å². The van der Waals surface area contributed by atoms with Crippen molar-refractivity contribution < 1.29 is 9.05 Å². The van der Waals surface area contributed by atoms with Crippen molar-refractivity contribution in [1.29, 1.82) is 0 Å². The Morgan fingerprint density at radius 1 is 1.25 bits per heavy atom. The van der Waals surface area contributed by atoms with Crippen LogP contribution in [0.25, 0.3) is 0 Å². The fraction of sp³-hybridized carbons (Fsp3) is 0.375. The average molecular weight is 185 g/mol. The van der Waals surface area contributed by atoms with Gasteiger partial charge in [-0.1, -0.05) is 13.8 Å². The monoisotopic (exact) mass is 185 g/mol. The van der Waals surface area contributed by atoms with Gasteiger partial charge in [-0.15, -0.1) is 0 Å². The molecule has 4 heteroatoms. The number of nitrogens with zero attached hydrogens (tertiary/aromatic N) is 1. The van der Waals surface area contributed by atoms with Crippen molar-refractivity contribution in [3.05, 3.63) is 18.5 Å². The molecule has 1 aromatic heterocycles. The molecule has 1 atom stereocenters. The van der Waals surface area contributed by atoms with Gasteiger partial charge >= 0.3 is 0 Å². The fourth-order valence-electron chi connectivity index (χ4n) is 0.807. The lowest BCUT2D eigenvalue weighted by Crippen LogP contribution is -1.78. The Morgan fingerprint density at radius 3 is 2.58 bits per heavy atom. The Bertz CT molecular complexity index is 230. The molecule has 1 unspecified atom stereocenters. The van der Waals surface area contributed by atoms with Crippen LogP contribution in [0.2, 0.25) is 0 Å². The lowest BCUT2D eigenvalue weighted by atomic mass is 10.4. The van der Waals surface area contributed by atoms with Crippen LogP contribution in [-0.4, -0.2) is 11.6 Å². The minimum atomic E-state index is -0.732. The largest absolute Gasteiger partial charge is 0.435 e. The zero-order chi connectivity index (χ0) is 8.97. The predicted molar refractivity (Wildman–Crippen MR) is 49.7 cm³/mol. The van der Waals surface area contributed by atoms with Gasteiger partial charge in [0, 0.05) is 18.9 Å². The van der Waals surface area contributed by atoms with E-state index in [0.29, 0.717) is 0 Å². The number of hydrogen-bond donors (Lipinski definition) is 0. The third kappa shape index (κ3) is 1.86. The standard InChI is InChI=1S/C6H6NO2P.C2H6/c1-10-8-5-2-3-7-4-6(5)9-10;1-2/h2-4H,1H3;1-2H3. The molecule has 3 nitrogen and oxygen atoms in total. The average Bonchev–Trinajstić information content (AvgIpc) is 2.48. The van der Waals surface area contributed by atoms with E-state index in [0.717, 1.165) is 11.5 Å². The molecule has 0 amide bonds. The number of rotatable bonds is 0. The van der Waals surface area contributed by atoms with E-state index in [9.17, 15) is 0 Å². The molecule has 0 N–H and O–H groups in total. The molecular weight excluding hydrogens is 173 g/mol. The van der Waals surface area contributed by atoms with Crippen molar-refractivity contribution >= 4 is 8.38 Å². The van der Waals surface area contributed by atoms with Crippen LogP contribution in [0.15, 0.2) is 18.5 Å². The summed E-state index contributed by atoms with van der Waals surface area (Å²) in [5.41, 5.74) is 0. The van der Waals surface area contributed by atoms with E-state index in [1.807, 2.05) is 20.5 Å². The van der Waals surface area contributed by atoms with Crippen LogP contribution in [-0.2, 0) is 0 Å². The Morgan fingerprint density at radius 2 is 1.92 bits per heavy atom. The van der Waals surface area contributed by atoms with E-state index in [1.54, 1.807) is 18.5 Å². The molecule has 66 valence electrons. The van der Waals surface area contributed by atoms with Crippen LogP contribution in [0.4, 0.5) is 0 Å².